The molecule has 2 amide bonds. The number of benzene rings is 2. The van der Waals surface area contributed by atoms with Gasteiger partial charge in [-0.05, 0) is 77.2 Å². The molecule has 2 aromatic carbocycles. The van der Waals surface area contributed by atoms with Crippen LogP contribution in [0.5, 0.6) is 5.75 Å². The van der Waals surface area contributed by atoms with E-state index >= 15 is 0 Å². The van der Waals surface area contributed by atoms with Gasteiger partial charge in [0.05, 0.1) is 12.0 Å². The Labute approximate surface area is 208 Å². The third-order valence-electron chi connectivity index (χ3n) is 6.62. The molecule has 2 aromatic rings. The molecule has 0 unspecified atom stereocenters. The lowest BCUT2D eigenvalue weighted by atomic mass is 9.96. The molecule has 2 heterocycles. The van der Waals surface area contributed by atoms with Crippen molar-refractivity contribution in [1.29, 1.82) is 0 Å². The number of hydrogen-bond donors (Lipinski definition) is 0. The SMILES string of the molecule is COc1ccc(N(C)C(=O)C2CCN(S(=O)(=O)c3cc4c(cc3Br)CCN4C(C)=O)CC2)cc1. The molecule has 2 aliphatic heterocycles. The van der Waals surface area contributed by atoms with Gasteiger partial charge >= 0.3 is 0 Å². The number of anilines is 2. The lowest BCUT2D eigenvalue weighted by Crippen LogP contribution is -2.43. The van der Waals surface area contributed by atoms with Crippen molar-refractivity contribution in [2.45, 2.75) is 31.1 Å². The van der Waals surface area contributed by atoms with Gasteiger partial charge in [0, 0.05) is 55.4 Å². The number of piperidine rings is 1. The van der Waals surface area contributed by atoms with Gasteiger partial charge in [0.15, 0.2) is 0 Å². The van der Waals surface area contributed by atoms with Crippen molar-refractivity contribution in [3.05, 3.63) is 46.4 Å². The first-order valence-corrected chi connectivity index (χ1v) is 13.4. The minimum atomic E-state index is -3.78. The molecule has 182 valence electrons. The highest BCUT2D eigenvalue weighted by Gasteiger charge is 2.35. The van der Waals surface area contributed by atoms with Gasteiger partial charge in [0.25, 0.3) is 0 Å². The monoisotopic (exact) mass is 549 g/mol. The summed E-state index contributed by atoms with van der Waals surface area (Å²) in [6, 6.07) is 10.6. The van der Waals surface area contributed by atoms with Crippen LogP contribution in [0.1, 0.15) is 25.3 Å². The molecular formula is C24H28BrN3O5S. The molecule has 34 heavy (non-hydrogen) atoms. The van der Waals surface area contributed by atoms with Crippen LogP contribution >= 0.6 is 15.9 Å². The van der Waals surface area contributed by atoms with Crippen molar-refractivity contribution < 1.29 is 22.7 Å². The summed E-state index contributed by atoms with van der Waals surface area (Å²) in [4.78, 5) is 28.4. The van der Waals surface area contributed by atoms with Gasteiger partial charge in [0.1, 0.15) is 5.75 Å². The first kappa shape index (κ1) is 24.7. The number of amides is 2. The fourth-order valence-corrected chi connectivity index (χ4v) is 7.14. The number of rotatable bonds is 5. The van der Waals surface area contributed by atoms with E-state index in [1.807, 2.05) is 12.1 Å². The Morgan fingerprint density at radius 2 is 1.74 bits per heavy atom. The van der Waals surface area contributed by atoms with Crippen molar-refractivity contribution in [2.24, 2.45) is 5.92 Å². The second-order valence-corrected chi connectivity index (χ2v) is 11.4. The molecule has 0 saturated carbocycles. The predicted molar refractivity (Wildman–Crippen MR) is 134 cm³/mol. The number of ether oxygens (including phenoxy) is 1. The van der Waals surface area contributed by atoms with E-state index in [4.69, 9.17) is 4.74 Å². The van der Waals surface area contributed by atoms with E-state index in [1.165, 1.54) is 11.2 Å². The number of nitrogens with zero attached hydrogens (tertiary/aromatic N) is 3. The Morgan fingerprint density at radius 3 is 2.32 bits per heavy atom. The molecule has 0 bridgehead atoms. The van der Waals surface area contributed by atoms with E-state index in [0.717, 1.165) is 11.3 Å². The molecule has 1 fully saturated rings. The first-order chi connectivity index (χ1) is 16.1. The number of halogens is 1. The molecule has 1 saturated heterocycles. The summed E-state index contributed by atoms with van der Waals surface area (Å²) in [5, 5.41) is 0. The lowest BCUT2D eigenvalue weighted by molar-refractivity contribution is -0.123. The van der Waals surface area contributed by atoms with Gasteiger partial charge in [-0.3, -0.25) is 9.59 Å². The van der Waals surface area contributed by atoms with E-state index in [0.29, 0.717) is 41.7 Å². The smallest absolute Gasteiger partial charge is 0.244 e. The minimum Gasteiger partial charge on any atom is -0.497 e. The van der Waals surface area contributed by atoms with Crippen LogP contribution in [0.15, 0.2) is 45.8 Å². The van der Waals surface area contributed by atoms with E-state index in [-0.39, 0.29) is 35.7 Å². The molecule has 0 radical (unpaired) electrons. The lowest BCUT2D eigenvalue weighted by Gasteiger charge is -2.33. The molecule has 8 nitrogen and oxygen atoms in total. The molecule has 0 aromatic heterocycles. The van der Waals surface area contributed by atoms with Gasteiger partial charge in [-0.2, -0.15) is 4.31 Å². The van der Waals surface area contributed by atoms with Gasteiger partial charge in [0.2, 0.25) is 21.8 Å². The van der Waals surface area contributed by atoms with Crippen molar-refractivity contribution in [3.63, 3.8) is 0 Å². The first-order valence-electron chi connectivity index (χ1n) is 11.2. The highest BCUT2D eigenvalue weighted by Crippen LogP contribution is 2.37. The maximum atomic E-state index is 13.5. The number of sulfonamides is 1. The van der Waals surface area contributed by atoms with Crippen molar-refractivity contribution in [3.8, 4) is 5.75 Å². The summed E-state index contributed by atoms with van der Waals surface area (Å²) in [6.07, 6.45) is 1.59. The number of carbonyl (C=O) groups is 2. The summed E-state index contributed by atoms with van der Waals surface area (Å²) in [5.74, 6) is 0.324. The zero-order chi connectivity index (χ0) is 24.6. The van der Waals surface area contributed by atoms with E-state index < -0.39 is 10.0 Å². The van der Waals surface area contributed by atoms with Crippen LogP contribution in [0.2, 0.25) is 0 Å². The van der Waals surface area contributed by atoms with Crippen molar-refractivity contribution in [2.75, 3.05) is 43.6 Å². The van der Waals surface area contributed by atoms with Crippen LogP contribution in [0.4, 0.5) is 11.4 Å². The molecule has 0 spiro atoms. The molecule has 4 rings (SSSR count). The maximum absolute atomic E-state index is 13.5. The van der Waals surface area contributed by atoms with Crippen LogP contribution in [0.25, 0.3) is 0 Å². The van der Waals surface area contributed by atoms with E-state index in [1.54, 1.807) is 48.2 Å². The number of fused-ring (bicyclic) bond motifs is 1. The van der Waals surface area contributed by atoms with Crippen molar-refractivity contribution >= 4 is 49.1 Å². The zero-order valence-electron chi connectivity index (χ0n) is 19.5. The van der Waals surface area contributed by atoms with Gasteiger partial charge in [-0.1, -0.05) is 0 Å². The fraction of sp³-hybridized carbons (Fsp3) is 0.417. The normalized spacial score (nSPS) is 16.9. The Balaban J connectivity index is 1.47. The third-order valence-corrected chi connectivity index (χ3v) is 9.48. The minimum absolute atomic E-state index is 0.0296. The van der Waals surface area contributed by atoms with Gasteiger partial charge in [-0.25, -0.2) is 8.42 Å². The highest BCUT2D eigenvalue weighted by molar-refractivity contribution is 9.10. The van der Waals surface area contributed by atoms with Crippen LogP contribution in [0.3, 0.4) is 0 Å². The molecule has 10 heteroatoms. The van der Waals surface area contributed by atoms with Crippen molar-refractivity contribution in [1.82, 2.24) is 4.31 Å². The number of carbonyl (C=O) groups excluding carboxylic acids is 2. The second kappa shape index (κ2) is 9.67. The highest BCUT2D eigenvalue weighted by atomic mass is 79.9. The average molecular weight is 550 g/mol. The molecule has 0 aliphatic carbocycles. The Bertz CT molecular complexity index is 1210. The van der Waals surface area contributed by atoms with Crippen LogP contribution < -0.4 is 14.5 Å². The Kier molecular flexibility index (Phi) is 7.02. The largest absolute Gasteiger partial charge is 0.497 e. The Hall–Kier alpha value is -2.43. The topological polar surface area (TPSA) is 87.2 Å². The van der Waals surface area contributed by atoms with Crippen LogP contribution in [-0.4, -0.2) is 58.3 Å². The van der Waals surface area contributed by atoms with E-state index in [2.05, 4.69) is 15.9 Å². The second-order valence-electron chi connectivity index (χ2n) is 8.61. The summed E-state index contributed by atoms with van der Waals surface area (Å²) >= 11 is 3.42. The zero-order valence-corrected chi connectivity index (χ0v) is 21.9. The van der Waals surface area contributed by atoms with Gasteiger partial charge < -0.3 is 14.5 Å². The average Bonchev–Trinajstić information content (AvgIpc) is 3.25. The molecular weight excluding hydrogens is 522 g/mol. The van der Waals surface area contributed by atoms with Crippen LogP contribution in [-0.2, 0) is 26.0 Å². The quantitative estimate of drug-likeness (QED) is 0.570. The third kappa shape index (κ3) is 4.58. The fourth-order valence-electron chi connectivity index (χ4n) is 4.60. The summed E-state index contributed by atoms with van der Waals surface area (Å²) < 4.78 is 34.0. The number of methoxy groups -OCH3 is 1. The van der Waals surface area contributed by atoms with Crippen LogP contribution in [0, 0.1) is 5.92 Å². The van der Waals surface area contributed by atoms with E-state index in [9.17, 15) is 18.0 Å². The molecule has 0 N–H and O–H groups in total. The number of hydrogen-bond acceptors (Lipinski definition) is 5. The Morgan fingerprint density at radius 1 is 1.09 bits per heavy atom. The maximum Gasteiger partial charge on any atom is 0.244 e. The molecule has 2 aliphatic rings. The summed E-state index contributed by atoms with van der Waals surface area (Å²) in [6.45, 7) is 2.55. The van der Waals surface area contributed by atoms with Gasteiger partial charge in [-0.15, -0.1) is 0 Å². The molecule has 0 atom stereocenters. The summed E-state index contributed by atoms with van der Waals surface area (Å²) in [7, 11) is -0.461. The summed E-state index contributed by atoms with van der Waals surface area (Å²) in [5.41, 5.74) is 2.37. The standard InChI is InChI=1S/C24H28BrN3O5S/c1-16(29)28-13-10-18-14-21(25)23(15-22(18)28)34(31,32)27-11-8-17(9-12-27)24(30)26(2)19-4-6-20(33-3)7-5-19/h4-7,14-15,17H,8-13H2,1-3H3. The predicted octanol–water partition coefficient (Wildman–Crippen LogP) is 3.43.